The Kier molecular flexibility index (Phi) is 4.72. The molecule has 0 atom stereocenters. The second kappa shape index (κ2) is 6.10. The first-order valence-electron chi connectivity index (χ1n) is 4.95. The molecule has 0 unspecified atom stereocenters. The Morgan fingerprint density at radius 3 is 2.89 bits per heavy atom. The standard InChI is InChI=1S/C12H8BrClO2S2/c13-8-5-7(1-2-9(8)14)6-18-10-3-4-17-11(10)12(15)16/h1-5H,6H2,(H,15,16). The van der Waals surface area contributed by atoms with Crippen LogP contribution in [-0.2, 0) is 5.75 Å². The maximum Gasteiger partial charge on any atom is 0.347 e. The molecule has 94 valence electrons. The molecule has 2 aromatic rings. The summed E-state index contributed by atoms with van der Waals surface area (Å²) < 4.78 is 0.853. The molecule has 0 fully saturated rings. The Morgan fingerprint density at radius 2 is 2.22 bits per heavy atom. The van der Waals surface area contributed by atoms with Crippen LogP contribution in [0.15, 0.2) is 39.0 Å². The molecule has 2 rings (SSSR count). The van der Waals surface area contributed by atoms with Crippen molar-refractivity contribution in [3.05, 3.63) is 49.6 Å². The zero-order valence-corrected chi connectivity index (χ0v) is 13.0. The van der Waals surface area contributed by atoms with Gasteiger partial charge in [0.1, 0.15) is 4.88 Å². The molecule has 1 N–H and O–H groups in total. The molecule has 0 saturated heterocycles. The monoisotopic (exact) mass is 362 g/mol. The molecule has 18 heavy (non-hydrogen) atoms. The highest BCUT2D eigenvalue weighted by Crippen LogP contribution is 2.31. The van der Waals surface area contributed by atoms with E-state index in [2.05, 4.69) is 15.9 Å². The lowest BCUT2D eigenvalue weighted by atomic mass is 10.2. The highest BCUT2D eigenvalue weighted by atomic mass is 79.9. The van der Waals surface area contributed by atoms with Crippen LogP contribution in [-0.4, -0.2) is 11.1 Å². The van der Waals surface area contributed by atoms with Gasteiger partial charge in [-0.2, -0.15) is 0 Å². The molecular formula is C12H8BrClO2S2. The first kappa shape index (κ1) is 13.9. The van der Waals surface area contributed by atoms with Gasteiger partial charge in [0.05, 0.1) is 5.02 Å². The summed E-state index contributed by atoms with van der Waals surface area (Å²) in [5.74, 6) is -0.156. The number of halogens is 2. The first-order valence-corrected chi connectivity index (χ1v) is 7.99. The normalized spacial score (nSPS) is 10.6. The summed E-state index contributed by atoms with van der Waals surface area (Å²) in [4.78, 5) is 12.2. The predicted molar refractivity (Wildman–Crippen MR) is 80.0 cm³/mol. The van der Waals surface area contributed by atoms with Crippen molar-refractivity contribution >= 4 is 56.6 Å². The van der Waals surface area contributed by atoms with Crippen molar-refractivity contribution in [2.75, 3.05) is 0 Å². The van der Waals surface area contributed by atoms with Crippen LogP contribution < -0.4 is 0 Å². The zero-order chi connectivity index (χ0) is 13.1. The summed E-state index contributed by atoms with van der Waals surface area (Å²) >= 11 is 12.0. The Balaban J connectivity index is 2.09. The van der Waals surface area contributed by atoms with E-state index in [1.54, 1.807) is 5.38 Å². The molecule has 1 heterocycles. The molecule has 0 amide bonds. The van der Waals surface area contributed by atoms with E-state index in [9.17, 15) is 4.79 Å². The minimum Gasteiger partial charge on any atom is -0.477 e. The van der Waals surface area contributed by atoms with Crippen molar-refractivity contribution in [3.8, 4) is 0 Å². The van der Waals surface area contributed by atoms with Gasteiger partial charge in [-0.1, -0.05) is 17.7 Å². The van der Waals surface area contributed by atoms with E-state index < -0.39 is 5.97 Å². The molecule has 1 aromatic carbocycles. The smallest absolute Gasteiger partial charge is 0.347 e. The van der Waals surface area contributed by atoms with Crippen molar-refractivity contribution in [2.24, 2.45) is 0 Å². The maximum absolute atomic E-state index is 11.0. The molecule has 0 aliphatic heterocycles. The van der Waals surface area contributed by atoms with Crippen LogP contribution in [0.2, 0.25) is 5.02 Å². The van der Waals surface area contributed by atoms with Crippen molar-refractivity contribution in [1.29, 1.82) is 0 Å². The van der Waals surface area contributed by atoms with Crippen molar-refractivity contribution in [1.82, 2.24) is 0 Å². The molecule has 0 aliphatic rings. The lowest BCUT2D eigenvalue weighted by Gasteiger charge is -2.03. The number of thiophene rings is 1. The molecule has 0 aliphatic carbocycles. The van der Waals surface area contributed by atoms with Gasteiger partial charge >= 0.3 is 5.97 Å². The van der Waals surface area contributed by atoms with Crippen LogP contribution in [0.5, 0.6) is 0 Å². The molecule has 0 spiro atoms. The molecule has 0 bridgehead atoms. The third kappa shape index (κ3) is 3.29. The minimum absolute atomic E-state index is 0.396. The van der Waals surface area contributed by atoms with Gasteiger partial charge in [-0.3, -0.25) is 0 Å². The summed E-state index contributed by atoms with van der Waals surface area (Å²) in [6.45, 7) is 0. The van der Waals surface area contributed by atoms with Gasteiger partial charge in [-0.05, 0) is 45.1 Å². The highest BCUT2D eigenvalue weighted by molar-refractivity contribution is 9.10. The zero-order valence-electron chi connectivity index (χ0n) is 9.02. The van der Waals surface area contributed by atoms with Gasteiger partial charge in [0, 0.05) is 15.1 Å². The summed E-state index contributed by atoms with van der Waals surface area (Å²) in [6, 6.07) is 7.55. The summed E-state index contributed by atoms with van der Waals surface area (Å²) in [6.07, 6.45) is 0. The quantitative estimate of drug-likeness (QED) is 0.763. The number of rotatable bonds is 4. The van der Waals surface area contributed by atoms with E-state index in [0.29, 0.717) is 15.7 Å². The van der Waals surface area contributed by atoms with Crippen LogP contribution in [0, 0.1) is 0 Å². The lowest BCUT2D eigenvalue weighted by Crippen LogP contribution is -1.93. The second-order valence-electron chi connectivity index (χ2n) is 3.46. The van der Waals surface area contributed by atoms with Gasteiger partial charge in [-0.25, -0.2) is 4.79 Å². The molecule has 0 saturated carbocycles. The molecule has 2 nitrogen and oxygen atoms in total. The Bertz CT molecular complexity index is 583. The SMILES string of the molecule is O=C(O)c1sccc1SCc1ccc(Cl)c(Br)c1. The third-order valence-electron chi connectivity index (χ3n) is 2.20. The van der Waals surface area contributed by atoms with Gasteiger partial charge in [0.15, 0.2) is 0 Å². The largest absolute Gasteiger partial charge is 0.477 e. The fraction of sp³-hybridized carbons (Fsp3) is 0.0833. The van der Waals surface area contributed by atoms with E-state index >= 15 is 0 Å². The third-order valence-corrected chi connectivity index (χ3v) is 5.58. The fourth-order valence-electron chi connectivity index (χ4n) is 1.36. The first-order chi connectivity index (χ1) is 8.58. The van der Waals surface area contributed by atoms with Crippen molar-refractivity contribution in [2.45, 2.75) is 10.6 Å². The van der Waals surface area contributed by atoms with E-state index in [1.165, 1.54) is 23.1 Å². The lowest BCUT2D eigenvalue weighted by molar-refractivity contribution is 0.0699. The number of hydrogen-bond donors (Lipinski definition) is 1. The van der Waals surface area contributed by atoms with E-state index in [0.717, 1.165) is 14.9 Å². The van der Waals surface area contributed by atoms with Gasteiger partial charge < -0.3 is 5.11 Å². The number of carboxylic acids is 1. The number of thioether (sulfide) groups is 1. The van der Waals surface area contributed by atoms with Gasteiger partial charge in [-0.15, -0.1) is 23.1 Å². The van der Waals surface area contributed by atoms with E-state index in [1.807, 2.05) is 24.3 Å². The van der Waals surface area contributed by atoms with Crippen LogP contribution in [0.25, 0.3) is 0 Å². The fourth-order valence-corrected chi connectivity index (χ4v) is 3.82. The number of benzene rings is 1. The topological polar surface area (TPSA) is 37.3 Å². The average molecular weight is 364 g/mol. The summed E-state index contributed by atoms with van der Waals surface area (Å²) in [5.41, 5.74) is 1.10. The van der Waals surface area contributed by atoms with Crippen LogP contribution in [0.1, 0.15) is 15.2 Å². The molecule has 0 radical (unpaired) electrons. The van der Waals surface area contributed by atoms with Gasteiger partial charge in [0.25, 0.3) is 0 Å². The Hall–Kier alpha value is -0.490. The summed E-state index contributed by atoms with van der Waals surface area (Å²) in [5, 5.41) is 11.5. The maximum atomic E-state index is 11.0. The van der Waals surface area contributed by atoms with Crippen LogP contribution in [0.3, 0.4) is 0 Å². The minimum atomic E-state index is -0.871. The average Bonchev–Trinajstić information content (AvgIpc) is 2.79. The predicted octanol–water partition coefficient (Wildman–Crippen LogP) is 5.15. The Labute approximate surface area is 126 Å². The van der Waals surface area contributed by atoms with Gasteiger partial charge in [0.2, 0.25) is 0 Å². The molecule has 6 heteroatoms. The Morgan fingerprint density at radius 1 is 1.44 bits per heavy atom. The molecular weight excluding hydrogens is 356 g/mol. The number of aromatic carboxylic acids is 1. The van der Waals surface area contributed by atoms with E-state index in [-0.39, 0.29) is 0 Å². The van der Waals surface area contributed by atoms with E-state index in [4.69, 9.17) is 16.7 Å². The number of hydrogen-bond acceptors (Lipinski definition) is 3. The number of carboxylic acid groups (broad SMARTS) is 1. The van der Waals surface area contributed by atoms with Crippen molar-refractivity contribution in [3.63, 3.8) is 0 Å². The van der Waals surface area contributed by atoms with Crippen molar-refractivity contribution < 1.29 is 9.90 Å². The van der Waals surface area contributed by atoms with Crippen LogP contribution in [0.4, 0.5) is 0 Å². The highest BCUT2D eigenvalue weighted by Gasteiger charge is 2.12. The second-order valence-corrected chi connectivity index (χ2v) is 6.65. The van der Waals surface area contributed by atoms with Crippen LogP contribution >= 0.6 is 50.6 Å². The summed E-state index contributed by atoms with van der Waals surface area (Å²) in [7, 11) is 0. The molecule has 1 aromatic heterocycles. The number of carbonyl (C=O) groups is 1.